The standard InChI is InChI=1S/C20H19N3O2/c1-14-6-5-9-18(22-14)20-17(11-21-23-20)19-13-24-12-16(25-19)10-15-7-3-2-4-8-15/h2-3,5-7,9,11-13H,4,8,10H2,1H3,(H,21,23). The molecular weight excluding hydrogens is 314 g/mol. The molecule has 0 saturated carbocycles. The lowest BCUT2D eigenvalue weighted by Gasteiger charge is -2.18. The largest absolute Gasteiger partial charge is 0.465 e. The molecule has 1 N–H and O–H groups in total. The van der Waals surface area contributed by atoms with E-state index in [4.69, 9.17) is 9.47 Å². The summed E-state index contributed by atoms with van der Waals surface area (Å²) in [5, 5.41) is 7.18. The topological polar surface area (TPSA) is 60.0 Å². The van der Waals surface area contributed by atoms with Crippen molar-refractivity contribution >= 4 is 5.76 Å². The quantitative estimate of drug-likeness (QED) is 0.886. The van der Waals surface area contributed by atoms with Gasteiger partial charge in [-0.2, -0.15) is 5.10 Å². The molecular formula is C20H19N3O2. The predicted octanol–water partition coefficient (Wildman–Crippen LogP) is 4.63. The zero-order chi connectivity index (χ0) is 17.1. The predicted molar refractivity (Wildman–Crippen MR) is 95.9 cm³/mol. The zero-order valence-electron chi connectivity index (χ0n) is 14.0. The number of ether oxygens (including phenoxy) is 2. The molecule has 2 aliphatic rings. The minimum absolute atomic E-state index is 0.636. The van der Waals surface area contributed by atoms with Gasteiger partial charge < -0.3 is 9.47 Å². The second kappa shape index (κ2) is 6.81. The van der Waals surface area contributed by atoms with Crippen molar-refractivity contribution in [3.63, 3.8) is 0 Å². The molecule has 2 aromatic heterocycles. The number of allylic oxidation sites excluding steroid dienone is 4. The molecule has 0 atom stereocenters. The maximum Gasteiger partial charge on any atom is 0.173 e. The van der Waals surface area contributed by atoms with Crippen molar-refractivity contribution in [2.75, 3.05) is 0 Å². The lowest BCUT2D eigenvalue weighted by molar-refractivity contribution is 0.273. The summed E-state index contributed by atoms with van der Waals surface area (Å²) >= 11 is 0. The monoisotopic (exact) mass is 333 g/mol. The summed E-state index contributed by atoms with van der Waals surface area (Å²) in [6.07, 6.45) is 14.3. The fraction of sp³-hybridized carbons (Fsp3) is 0.200. The van der Waals surface area contributed by atoms with Crippen LogP contribution in [0.15, 0.2) is 66.5 Å². The minimum Gasteiger partial charge on any atom is -0.465 e. The third kappa shape index (κ3) is 3.40. The Labute approximate surface area is 146 Å². The molecule has 5 heteroatoms. The van der Waals surface area contributed by atoms with Gasteiger partial charge in [0.15, 0.2) is 5.76 Å². The summed E-state index contributed by atoms with van der Waals surface area (Å²) in [6, 6.07) is 5.89. The van der Waals surface area contributed by atoms with Gasteiger partial charge in [0.05, 0.1) is 23.1 Å². The number of hydrogen-bond acceptors (Lipinski definition) is 4. The molecule has 1 aliphatic carbocycles. The third-order valence-electron chi connectivity index (χ3n) is 4.17. The van der Waals surface area contributed by atoms with Crippen LogP contribution in [0.25, 0.3) is 17.1 Å². The van der Waals surface area contributed by atoms with Crippen molar-refractivity contribution in [2.45, 2.75) is 26.2 Å². The Morgan fingerprint density at radius 2 is 2.20 bits per heavy atom. The molecule has 25 heavy (non-hydrogen) atoms. The first-order chi connectivity index (χ1) is 12.3. The Morgan fingerprint density at radius 1 is 1.24 bits per heavy atom. The summed E-state index contributed by atoms with van der Waals surface area (Å²) < 4.78 is 11.6. The third-order valence-corrected chi connectivity index (χ3v) is 4.17. The molecule has 0 spiro atoms. The summed E-state index contributed by atoms with van der Waals surface area (Å²) in [5.41, 5.74) is 4.77. The molecule has 0 bridgehead atoms. The van der Waals surface area contributed by atoms with Crippen molar-refractivity contribution in [3.05, 3.63) is 77.7 Å². The number of nitrogens with one attached hydrogen (secondary N) is 1. The smallest absolute Gasteiger partial charge is 0.173 e. The lowest BCUT2D eigenvalue weighted by atomic mass is 10.0. The Balaban J connectivity index is 1.55. The van der Waals surface area contributed by atoms with E-state index in [0.29, 0.717) is 5.76 Å². The summed E-state index contributed by atoms with van der Waals surface area (Å²) in [7, 11) is 0. The fourth-order valence-corrected chi connectivity index (χ4v) is 2.93. The van der Waals surface area contributed by atoms with E-state index < -0.39 is 0 Å². The van der Waals surface area contributed by atoms with Crippen LogP contribution in [-0.2, 0) is 9.47 Å². The fourth-order valence-electron chi connectivity index (χ4n) is 2.93. The van der Waals surface area contributed by atoms with Gasteiger partial charge in [-0.05, 0) is 31.9 Å². The van der Waals surface area contributed by atoms with E-state index in [-0.39, 0.29) is 0 Å². The highest BCUT2D eigenvalue weighted by atomic mass is 16.5. The Kier molecular flexibility index (Phi) is 4.21. The van der Waals surface area contributed by atoms with Crippen LogP contribution >= 0.6 is 0 Å². The van der Waals surface area contributed by atoms with Gasteiger partial charge >= 0.3 is 0 Å². The van der Waals surface area contributed by atoms with Gasteiger partial charge in [-0.25, -0.2) is 0 Å². The molecule has 0 aromatic carbocycles. The highest BCUT2D eigenvalue weighted by molar-refractivity contribution is 5.74. The first-order valence-corrected chi connectivity index (χ1v) is 8.34. The van der Waals surface area contributed by atoms with Crippen molar-refractivity contribution in [2.24, 2.45) is 0 Å². The van der Waals surface area contributed by atoms with E-state index in [1.54, 1.807) is 18.7 Å². The zero-order valence-corrected chi connectivity index (χ0v) is 14.0. The van der Waals surface area contributed by atoms with Gasteiger partial charge in [0.1, 0.15) is 18.3 Å². The van der Waals surface area contributed by atoms with Gasteiger partial charge in [0, 0.05) is 12.1 Å². The molecule has 4 rings (SSSR count). The number of nitrogens with zero attached hydrogens (tertiary/aromatic N) is 2. The number of pyridine rings is 1. The van der Waals surface area contributed by atoms with Gasteiger partial charge in [0.25, 0.3) is 0 Å². The first kappa shape index (κ1) is 15.4. The number of aromatic nitrogens is 3. The Bertz CT molecular complexity index is 903. The molecule has 0 saturated heterocycles. The maximum atomic E-state index is 6.07. The number of aryl methyl sites for hydroxylation is 1. The Morgan fingerprint density at radius 3 is 3.04 bits per heavy atom. The molecule has 0 amide bonds. The van der Waals surface area contributed by atoms with Gasteiger partial charge in [0.2, 0.25) is 0 Å². The van der Waals surface area contributed by atoms with Crippen molar-refractivity contribution < 1.29 is 9.47 Å². The highest BCUT2D eigenvalue weighted by Crippen LogP contribution is 2.32. The van der Waals surface area contributed by atoms with Crippen LogP contribution in [0.1, 0.15) is 30.5 Å². The van der Waals surface area contributed by atoms with Gasteiger partial charge in [-0.1, -0.05) is 29.9 Å². The van der Waals surface area contributed by atoms with Crippen molar-refractivity contribution in [1.29, 1.82) is 0 Å². The summed E-state index contributed by atoms with van der Waals surface area (Å²) in [6.45, 7) is 1.96. The van der Waals surface area contributed by atoms with E-state index in [1.165, 1.54) is 5.57 Å². The maximum absolute atomic E-state index is 6.07. The van der Waals surface area contributed by atoms with E-state index in [0.717, 1.165) is 47.7 Å². The number of hydrogen-bond donors (Lipinski definition) is 1. The molecule has 0 radical (unpaired) electrons. The molecule has 126 valence electrons. The summed E-state index contributed by atoms with van der Waals surface area (Å²) in [5.74, 6) is 1.43. The van der Waals surface area contributed by atoms with Crippen molar-refractivity contribution in [3.8, 4) is 11.4 Å². The van der Waals surface area contributed by atoms with Crippen LogP contribution in [0.4, 0.5) is 0 Å². The van der Waals surface area contributed by atoms with Gasteiger partial charge in [-0.3, -0.25) is 10.1 Å². The second-order valence-electron chi connectivity index (χ2n) is 6.10. The van der Waals surface area contributed by atoms with E-state index in [9.17, 15) is 0 Å². The average molecular weight is 333 g/mol. The highest BCUT2D eigenvalue weighted by Gasteiger charge is 2.19. The normalized spacial score (nSPS) is 16.4. The molecule has 0 fully saturated rings. The van der Waals surface area contributed by atoms with Crippen molar-refractivity contribution in [1.82, 2.24) is 15.2 Å². The van der Waals surface area contributed by atoms with Crippen LogP contribution in [0.2, 0.25) is 0 Å². The molecule has 1 aliphatic heterocycles. The van der Waals surface area contributed by atoms with E-state index in [2.05, 4.69) is 33.4 Å². The number of rotatable bonds is 4. The lowest BCUT2D eigenvalue weighted by Crippen LogP contribution is -2.02. The second-order valence-corrected chi connectivity index (χ2v) is 6.10. The first-order valence-electron chi connectivity index (χ1n) is 8.34. The number of aromatic amines is 1. The van der Waals surface area contributed by atoms with Crippen LogP contribution in [0.3, 0.4) is 0 Å². The van der Waals surface area contributed by atoms with E-state index in [1.807, 2.05) is 25.1 Å². The molecule has 0 unspecified atom stereocenters. The van der Waals surface area contributed by atoms with Crippen LogP contribution < -0.4 is 0 Å². The van der Waals surface area contributed by atoms with E-state index >= 15 is 0 Å². The summed E-state index contributed by atoms with van der Waals surface area (Å²) in [4.78, 5) is 4.56. The SMILES string of the molecule is Cc1cccc(-c2[nH]ncc2C2=COC=C(CC3=CC=CCC3)O2)n1. The molecule has 3 heterocycles. The number of H-pyrrole nitrogens is 1. The molecule has 2 aromatic rings. The van der Waals surface area contributed by atoms with Crippen LogP contribution in [0, 0.1) is 6.92 Å². The van der Waals surface area contributed by atoms with Crippen LogP contribution in [0.5, 0.6) is 0 Å². The van der Waals surface area contributed by atoms with Gasteiger partial charge in [-0.15, -0.1) is 0 Å². The Hall–Kier alpha value is -3.08. The average Bonchev–Trinajstić information content (AvgIpc) is 3.13. The van der Waals surface area contributed by atoms with Crippen LogP contribution in [-0.4, -0.2) is 15.2 Å². The molecule has 5 nitrogen and oxygen atoms in total. The minimum atomic E-state index is 0.636.